The molecule has 8 nitrogen and oxygen atoms in total. The lowest BCUT2D eigenvalue weighted by molar-refractivity contribution is -0.207. The molecule has 4 aliphatic rings. The number of allylic oxidation sites excluding steroid dienone is 2. The smallest absolute Gasteiger partial charge is 0.308 e. The first-order valence-corrected chi connectivity index (χ1v) is 7.28. The van der Waals surface area contributed by atoms with Crippen LogP contribution in [0.1, 0.15) is 6.92 Å². The van der Waals surface area contributed by atoms with Gasteiger partial charge in [-0.25, -0.2) is 0 Å². The van der Waals surface area contributed by atoms with Crippen LogP contribution in [0.3, 0.4) is 0 Å². The number of carboxylic acids is 4. The summed E-state index contributed by atoms with van der Waals surface area (Å²) >= 11 is 0. The highest BCUT2D eigenvalue weighted by Gasteiger charge is 2.71. The monoisotopic (exact) mass is 324 g/mol. The van der Waals surface area contributed by atoms with Gasteiger partial charge in [-0.15, -0.1) is 0 Å². The highest BCUT2D eigenvalue weighted by Crippen LogP contribution is 2.66. The molecule has 124 valence electrons. The van der Waals surface area contributed by atoms with Crippen molar-refractivity contribution in [1.29, 1.82) is 0 Å². The zero-order valence-electron chi connectivity index (χ0n) is 12.1. The minimum absolute atomic E-state index is 0.639. The highest BCUT2D eigenvalue weighted by molar-refractivity contribution is 5.86. The van der Waals surface area contributed by atoms with Crippen molar-refractivity contribution < 1.29 is 39.6 Å². The maximum atomic E-state index is 11.6. The first-order valence-electron chi connectivity index (χ1n) is 7.28. The van der Waals surface area contributed by atoms with Crippen molar-refractivity contribution in [1.82, 2.24) is 0 Å². The summed E-state index contributed by atoms with van der Waals surface area (Å²) in [6.45, 7) is 1.66. The maximum absolute atomic E-state index is 11.6. The summed E-state index contributed by atoms with van der Waals surface area (Å²) in [6, 6.07) is 0. The first-order chi connectivity index (χ1) is 10.7. The van der Waals surface area contributed by atoms with Gasteiger partial charge >= 0.3 is 23.9 Å². The van der Waals surface area contributed by atoms with E-state index in [1.165, 1.54) is 0 Å². The fourth-order valence-electron chi connectivity index (χ4n) is 5.19. The lowest BCUT2D eigenvalue weighted by atomic mass is 9.38. The maximum Gasteiger partial charge on any atom is 0.308 e. The number of fused-ring (bicyclic) bond motifs is 1. The van der Waals surface area contributed by atoms with Crippen molar-refractivity contribution in [2.45, 2.75) is 6.92 Å². The van der Waals surface area contributed by atoms with E-state index in [-0.39, 0.29) is 0 Å². The molecule has 0 radical (unpaired) electrons. The molecule has 0 saturated heterocycles. The van der Waals surface area contributed by atoms with Crippen LogP contribution in [-0.2, 0) is 19.2 Å². The number of aliphatic carboxylic acids is 4. The summed E-state index contributed by atoms with van der Waals surface area (Å²) in [5.74, 6) is -12.7. The van der Waals surface area contributed by atoms with Gasteiger partial charge < -0.3 is 20.4 Å². The molecule has 2 fully saturated rings. The van der Waals surface area contributed by atoms with Crippen LogP contribution < -0.4 is 0 Å². The standard InChI is InChI=1S/C15H16O8/c1-3-2-4-6-8(11(15(22)23)10(6)14(20)21)5(3)9(13(18)19)7(4)12(16)17/h2,4-11H,1H3,(H,16,17)(H,18,19)(H,20,21)(H,22,23)/t4-,5-,6+,7+,8+,9-,10-,11+/m1/s1. The largest absolute Gasteiger partial charge is 0.481 e. The third-order valence-electron chi connectivity index (χ3n) is 5.83. The average molecular weight is 324 g/mol. The van der Waals surface area contributed by atoms with Crippen molar-refractivity contribution in [2.75, 3.05) is 0 Å². The second kappa shape index (κ2) is 4.81. The van der Waals surface area contributed by atoms with Crippen LogP contribution in [0, 0.1) is 47.3 Å². The van der Waals surface area contributed by atoms with Gasteiger partial charge in [0.15, 0.2) is 0 Å². The number of hydrogen-bond acceptors (Lipinski definition) is 4. The molecule has 0 aromatic rings. The summed E-state index contributed by atoms with van der Waals surface area (Å²) in [5.41, 5.74) is 0.649. The lowest BCUT2D eigenvalue weighted by Gasteiger charge is -2.63. The second-order valence-electron chi connectivity index (χ2n) is 6.62. The summed E-state index contributed by atoms with van der Waals surface area (Å²) in [6.07, 6.45) is 1.64. The van der Waals surface area contributed by atoms with Crippen LogP contribution in [0.15, 0.2) is 11.6 Å². The Bertz CT molecular complexity index is 650. The van der Waals surface area contributed by atoms with E-state index in [9.17, 15) is 39.6 Å². The summed E-state index contributed by atoms with van der Waals surface area (Å²) in [5, 5.41) is 37.6. The Labute approximate surface area is 130 Å². The molecule has 0 unspecified atom stereocenters. The van der Waals surface area contributed by atoms with Gasteiger partial charge in [-0.2, -0.15) is 0 Å². The Morgan fingerprint density at radius 2 is 1.17 bits per heavy atom. The summed E-state index contributed by atoms with van der Waals surface area (Å²) < 4.78 is 0. The highest BCUT2D eigenvalue weighted by atomic mass is 16.4. The molecule has 8 atom stereocenters. The molecule has 2 saturated carbocycles. The van der Waals surface area contributed by atoms with E-state index in [0.29, 0.717) is 5.57 Å². The van der Waals surface area contributed by atoms with Crippen LogP contribution in [0.4, 0.5) is 0 Å². The molecular weight excluding hydrogens is 308 g/mol. The Hall–Kier alpha value is -2.38. The number of hydrogen-bond donors (Lipinski definition) is 4. The molecule has 8 heteroatoms. The van der Waals surface area contributed by atoms with Gasteiger partial charge in [-0.05, 0) is 30.6 Å². The minimum Gasteiger partial charge on any atom is -0.481 e. The van der Waals surface area contributed by atoms with E-state index in [0.717, 1.165) is 0 Å². The van der Waals surface area contributed by atoms with Gasteiger partial charge in [0.1, 0.15) is 0 Å². The van der Waals surface area contributed by atoms with Crippen molar-refractivity contribution in [3.63, 3.8) is 0 Å². The van der Waals surface area contributed by atoms with Gasteiger partial charge in [-0.3, -0.25) is 19.2 Å². The van der Waals surface area contributed by atoms with Crippen LogP contribution in [0.2, 0.25) is 0 Å². The summed E-state index contributed by atoms with van der Waals surface area (Å²) in [7, 11) is 0. The molecule has 0 aromatic carbocycles. The molecular formula is C15H16O8. The predicted molar refractivity (Wildman–Crippen MR) is 72.2 cm³/mol. The molecule has 0 amide bonds. The molecule has 0 aromatic heterocycles. The molecule has 2 bridgehead atoms. The fourth-order valence-corrected chi connectivity index (χ4v) is 5.19. The number of rotatable bonds is 4. The Kier molecular flexibility index (Phi) is 3.24. The van der Waals surface area contributed by atoms with Gasteiger partial charge in [0.2, 0.25) is 0 Å². The molecule has 4 N–H and O–H groups in total. The first kappa shape index (κ1) is 15.5. The van der Waals surface area contributed by atoms with Gasteiger partial charge in [-0.1, -0.05) is 11.6 Å². The zero-order valence-corrected chi connectivity index (χ0v) is 12.1. The topological polar surface area (TPSA) is 149 Å². The Morgan fingerprint density at radius 3 is 1.61 bits per heavy atom. The average Bonchev–Trinajstić information content (AvgIpc) is 2.36. The molecule has 0 spiro atoms. The van der Waals surface area contributed by atoms with Crippen LogP contribution in [0.25, 0.3) is 0 Å². The van der Waals surface area contributed by atoms with Crippen LogP contribution >= 0.6 is 0 Å². The van der Waals surface area contributed by atoms with E-state index in [4.69, 9.17) is 0 Å². The van der Waals surface area contributed by atoms with Gasteiger partial charge in [0, 0.05) is 0 Å². The van der Waals surface area contributed by atoms with E-state index in [2.05, 4.69) is 0 Å². The normalized spacial score (nSPS) is 43.8. The third-order valence-corrected chi connectivity index (χ3v) is 5.83. The SMILES string of the molecule is CC1=C[C@H]2[C@H](C(=O)O)[C@H](C(=O)O)[C@H]1[C@@H]1[C@H](C(=O)O)[C@H](C(=O)O)[C@@H]21. The van der Waals surface area contributed by atoms with Gasteiger partial charge in [0.05, 0.1) is 23.7 Å². The molecule has 0 heterocycles. The number of carbonyl (C=O) groups is 4. The predicted octanol–water partition coefficient (Wildman–Crippen LogP) is 0.242. The third kappa shape index (κ3) is 1.83. The lowest BCUT2D eigenvalue weighted by Crippen LogP contribution is -2.68. The molecule has 4 aliphatic carbocycles. The second-order valence-corrected chi connectivity index (χ2v) is 6.62. The molecule has 4 rings (SSSR count). The van der Waals surface area contributed by atoms with Crippen molar-refractivity contribution in [3.05, 3.63) is 11.6 Å². The minimum atomic E-state index is -1.28. The molecule has 0 aliphatic heterocycles. The van der Waals surface area contributed by atoms with E-state index in [1.807, 2.05) is 0 Å². The van der Waals surface area contributed by atoms with Crippen molar-refractivity contribution >= 4 is 23.9 Å². The number of carboxylic acid groups (broad SMARTS) is 4. The zero-order chi connectivity index (χ0) is 17.2. The molecule has 23 heavy (non-hydrogen) atoms. The Morgan fingerprint density at radius 1 is 0.739 bits per heavy atom. The van der Waals surface area contributed by atoms with Crippen LogP contribution in [-0.4, -0.2) is 44.3 Å². The fraction of sp³-hybridized carbons (Fsp3) is 0.600. The van der Waals surface area contributed by atoms with E-state index >= 15 is 0 Å². The van der Waals surface area contributed by atoms with Crippen LogP contribution in [0.5, 0.6) is 0 Å². The van der Waals surface area contributed by atoms with Crippen molar-refractivity contribution in [3.8, 4) is 0 Å². The van der Waals surface area contributed by atoms with Crippen molar-refractivity contribution in [2.24, 2.45) is 47.3 Å². The van der Waals surface area contributed by atoms with E-state index in [1.54, 1.807) is 13.0 Å². The van der Waals surface area contributed by atoms with Gasteiger partial charge in [0.25, 0.3) is 0 Å². The summed E-state index contributed by atoms with van der Waals surface area (Å²) in [4.78, 5) is 46.1. The quantitative estimate of drug-likeness (QED) is 0.537. The van der Waals surface area contributed by atoms with E-state index < -0.39 is 71.2 Å². The Balaban J connectivity index is 2.12.